The number of nitrogens with zero attached hydrogens (tertiary/aromatic N) is 2. The van der Waals surface area contributed by atoms with Gasteiger partial charge in [0, 0.05) is 17.5 Å². The molecule has 0 radical (unpaired) electrons. The van der Waals surface area contributed by atoms with Gasteiger partial charge >= 0.3 is 6.18 Å². The number of carbonyl (C=O) groups is 1. The highest BCUT2D eigenvalue weighted by Gasteiger charge is 2.52. The maximum absolute atomic E-state index is 14.0. The van der Waals surface area contributed by atoms with Crippen LogP contribution in [0.4, 0.5) is 28.9 Å². The van der Waals surface area contributed by atoms with E-state index < -0.39 is 40.8 Å². The molecule has 2 aromatic carbocycles. The highest BCUT2D eigenvalue weighted by Crippen LogP contribution is 2.40. The van der Waals surface area contributed by atoms with Gasteiger partial charge in [-0.1, -0.05) is 6.07 Å². The summed E-state index contributed by atoms with van der Waals surface area (Å²) >= 11 is 0. The summed E-state index contributed by atoms with van der Waals surface area (Å²) in [6.45, 7) is 1.42. The molecule has 0 spiro atoms. The molecule has 2 N–H and O–H groups in total. The Morgan fingerprint density at radius 3 is 2.55 bits per heavy atom. The number of hydrogen-bond acceptors (Lipinski definition) is 5. The first-order chi connectivity index (χ1) is 14.5. The number of halogens is 4. The van der Waals surface area contributed by atoms with Crippen molar-refractivity contribution in [2.75, 3.05) is 5.32 Å². The van der Waals surface area contributed by atoms with Gasteiger partial charge in [0.25, 0.3) is 5.69 Å². The zero-order valence-electron chi connectivity index (χ0n) is 16.0. The molecule has 0 aromatic heterocycles. The van der Waals surface area contributed by atoms with E-state index in [0.29, 0.717) is 0 Å². The molecule has 0 aliphatic carbocycles. The van der Waals surface area contributed by atoms with Crippen molar-refractivity contribution in [2.24, 2.45) is 0 Å². The van der Waals surface area contributed by atoms with Crippen LogP contribution in [0.5, 0.6) is 0 Å². The molecule has 1 heterocycles. The Hall–Kier alpha value is -3.52. The predicted octanol–water partition coefficient (Wildman–Crippen LogP) is 3.93. The summed E-state index contributed by atoms with van der Waals surface area (Å²) in [5, 5.41) is 24.2. The number of alkyl halides is 3. The molecule has 1 unspecified atom stereocenters. The maximum atomic E-state index is 14.0. The number of nitro groups is 1. The summed E-state index contributed by atoms with van der Waals surface area (Å²) in [7, 11) is 0. The lowest BCUT2D eigenvalue weighted by molar-refractivity contribution is -0.385. The van der Waals surface area contributed by atoms with Gasteiger partial charge in [-0.2, -0.15) is 18.4 Å². The minimum absolute atomic E-state index is 0.0280. The molecular formula is C20H16F4N4O3. The Kier molecular flexibility index (Phi) is 5.94. The SMILES string of the molecule is Cc1cc(C2C[C@@H](C(=O)Nc3ccc(C#N)cc3F)N[C@H]2C(F)(F)F)ccc1[N+](=O)[O-]. The molecule has 3 atom stereocenters. The molecule has 11 heteroatoms. The monoisotopic (exact) mass is 436 g/mol. The number of rotatable bonds is 4. The van der Waals surface area contributed by atoms with Crippen LogP contribution in [0.1, 0.15) is 29.0 Å². The van der Waals surface area contributed by atoms with Crippen molar-refractivity contribution in [3.63, 3.8) is 0 Å². The second-order valence-electron chi connectivity index (χ2n) is 7.18. The van der Waals surface area contributed by atoms with Crippen molar-refractivity contribution >= 4 is 17.3 Å². The van der Waals surface area contributed by atoms with E-state index >= 15 is 0 Å². The van der Waals surface area contributed by atoms with Gasteiger partial charge in [0.05, 0.1) is 28.3 Å². The largest absolute Gasteiger partial charge is 0.404 e. The number of benzene rings is 2. The van der Waals surface area contributed by atoms with Crippen molar-refractivity contribution in [3.8, 4) is 6.07 Å². The molecule has 31 heavy (non-hydrogen) atoms. The topological polar surface area (TPSA) is 108 Å². The summed E-state index contributed by atoms with van der Waals surface area (Å²) in [6, 6.07) is 5.41. The molecule has 1 fully saturated rings. The third-order valence-electron chi connectivity index (χ3n) is 5.14. The van der Waals surface area contributed by atoms with Gasteiger partial charge in [-0.15, -0.1) is 0 Å². The Balaban J connectivity index is 1.84. The lowest BCUT2D eigenvalue weighted by Crippen LogP contribution is -2.46. The molecule has 0 bridgehead atoms. The number of aryl methyl sites for hydroxylation is 1. The van der Waals surface area contributed by atoms with Crippen molar-refractivity contribution in [1.82, 2.24) is 5.32 Å². The predicted molar refractivity (Wildman–Crippen MR) is 102 cm³/mol. The highest BCUT2D eigenvalue weighted by molar-refractivity contribution is 5.95. The van der Waals surface area contributed by atoms with E-state index in [1.807, 2.05) is 0 Å². The van der Waals surface area contributed by atoms with Crippen molar-refractivity contribution in [3.05, 3.63) is 69.0 Å². The molecule has 1 saturated heterocycles. The second kappa shape index (κ2) is 8.31. The zero-order chi connectivity index (χ0) is 22.9. The Bertz CT molecular complexity index is 1080. The fourth-order valence-corrected chi connectivity index (χ4v) is 3.64. The van der Waals surface area contributed by atoms with E-state index in [9.17, 15) is 32.5 Å². The highest BCUT2D eigenvalue weighted by atomic mass is 19.4. The fraction of sp³-hybridized carbons (Fsp3) is 0.300. The summed E-state index contributed by atoms with van der Waals surface area (Å²) in [5.41, 5.74) is -0.0400. The zero-order valence-corrected chi connectivity index (χ0v) is 16.0. The van der Waals surface area contributed by atoms with Gasteiger partial charge in [0.2, 0.25) is 5.91 Å². The lowest BCUT2D eigenvalue weighted by atomic mass is 9.89. The molecule has 0 saturated carbocycles. The van der Waals surface area contributed by atoms with Crippen molar-refractivity contribution in [2.45, 2.75) is 37.5 Å². The molecule has 2 aromatic rings. The average Bonchev–Trinajstić information content (AvgIpc) is 3.15. The molecular weight excluding hydrogens is 420 g/mol. The van der Waals surface area contributed by atoms with Crippen LogP contribution in [0.2, 0.25) is 0 Å². The van der Waals surface area contributed by atoms with Crippen molar-refractivity contribution < 1.29 is 27.3 Å². The van der Waals surface area contributed by atoms with Crippen LogP contribution in [0.25, 0.3) is 0 Å². The average molecular weight is 436 g/mol. The Morgan fingerprint density at radius 1 is 1.29 bits per heavy atom. The van der Waals surface area contributed by atoms with Gasteiger partial charge in [0.15, 0.2) is 0 Å². The minimum Gasteiger partial charge on any atom is -0.322 e. The third-order valence-corrected chi connectivity index (χ3v) is 5.14. The number of nitrogens with one attached hydrogen (secondary N) is 2. The maximum Gasteiger partial charge on any atom is 0.404 e. The van der Waals surface area contributed by atoms with Crippen LogP contribution < -0.4 is 10.6 Å². The smallest absolute Gasteiger partial charge is 0.322 e. The molecule has 1 aliphatic rings. The molecule has 3 rings (SSSR count). The number of nitriles is 1. The number of anilines is 1. The van der Waals surface area contributed by atoms with Crippen LogP contribution in [-0.2, 0) is 4.79 Å². The second-order valence-corrected chi connectivity index (χ2v) is 7.18. The summed E-state index contributed by atoms with van der Waals surface area (Å²) in [5.74, 6) is -2.92. The van der Waals surface area contributed by atoms with E-state index in [1.54, 1.807) is 6.07 Å². The quantitative estimate of drug-likeness (QED) is 0.429. The fourth-order valence-electron chi connectivity index (χ4n) is 3.64. The number of carbonyl (C=O) groups excluding carboxylic acids is 1. The first-order valence-electron chi connectivity index (χ1n) is 9.09. The van der Waals surface area contributed by atoms with Gasteiger partial charge in [0.1, 0.15) is 11.9 Å². The molecule has 1 amide bonds. The summed E-state index contributed by atoms with van der Waals surface area (Å²) < 4.78 is 54.9. The number of amides is 1. The standard InChI is InChI=1S/C20H16F4N4O3/c1-10-6-12(3-5-17(10)28(30)31)13-8-16(26-18(13)20(22,23)24)19(29)27-15-4-2-11(9-25)7-14(15)21/h2-7,13,16,18,26H,8H2,1H3,(H,27,29)/t13?,16-,18+/m0/s1. The molecule has 1 aliphatic heterocycles. The van der Waals surface area contributed by atoms with Gasteiger partial charge in [-0.25, -0.2) is 4.39 Å². The number of hydrogen-bond donors (Lipinski definition) is 2. The van der Waals surface area contributed by atoms with Crippen LogP contribution in [0.15, 0.2) is 36.4 Å². The van der Waals surface area contributed by atoms with Crippen LogP contribution in [-0.4, -0.2) is 29.1 Å². The van der Waals surface area contributed by atoms with Crippen LogP contribution in [0, 0.1) is 34.2 Å². The van der Waals surface area contributed by atoms with E-state index in [1.165, 1.54) is 25.1 Å². The van der Waals surface area contributed by atoms with Crippen LogP contribution in [0.3, 0.4) is 0 Å². The van der Waals surface area contributed by atoms with E-state index in [-0.39, 0.29) is 34.5 Å². The van der Waals surface area contributed by atoms with E-state index in [2.05, 4.69) is 10.6 Å². The minimum atomic E-state index is -4.69. The third kappa shape index (κ3) is 4.64. The van der Waals surface area contributed by atoms with Gasteiger partial charge in [-0.05, 0) is 43.2 Å². The van der Waals surface area contributed by atoms with E-state index in [0.717, 1.165) is 18.2 Å². The lowest BCUT2D eigenvalue weighted by Gasteiger charge is -2.22. The number of nitro benzene ring substituents is 1. The van der Waals surface area contributed by atoms with Crippen LogP contribution >= 0.6 is 0 Å². The normalized spacial score (nSPS) is 20.8. The van der Waals surface area contributed by atoms with Gasteiger partial charge in [-0.3, -0.25) is 20.2 Å². The first kappa shape index (κ1) is 22.2. The summed E-state index contributed by atoms with van der Waals surface area (Å²) in [6.07, 6.45) is -4.93. The Labute approximate surface area is 173 Å². The van der Waals surface area contributed by atoms with E-state index in [4.69, 9.17) is 5.26 Å². The molecule has 162 valence electrons. The summed E-state index contributed by atoms with van der Waals surface area (Å²) in [4.78, 5) is 22.9. The molecule has 7 nitrogen and oxygen atoms in total. The first-order valence-corrected chi connectivity index (χ1v) is 9.09. The Morgan fingerprint density at radius 2 is 2.00 bits per heavy atom. The van der Waals surface area contributed by atoms with Gasteiger partial charge < -0.3 is 5.32 Å². The van der Waals surface area contributed by atoms with Crippen molar-refractivity contribution in [1.29, 1.82) is 5.26 Å².